The van der Waals surface area contributed by atoms with E-state index in [0.29, 0.717) is 0 Å². The Morgan fingerprint density at radius 1 is 0.571 bits per heavy atom. The summed E-state index contributed by atoms with van der Waals surface area (Å²) in [6.07, 6.45) is 2.22. The zero-order chi connectivity index (χ0) is 21.9. The molecule has 0 aliphatic heterocycles. The maximum atomic E-state index is 2.32. The van der Waals surface area contributed by atoms with Crippen molar-refractivity contribution in [1.29, 1.82) is 0 Å². The van der Waals surface area contributed by atoms with Crippen LogP contribution in [0.3, 0.4) is 0 Å². The predicted octanol–water partition coefficient (Wildman–Crippen LogP) is 3.07. The second kappa shape index (κ2) is 13.2. The summed E-state index contributed by atoms with van der Waals surface area (Å²) in [5.41, 5.74) is 5.40. The van der Waals surface area contributed by atoms with Crippen molar-refractivity contribution in [1.82, 2.24) is 0 Å². The van der Waals surface area contributed by atoms with Crippen molar-refractivity contribution in [3.8, 4) is 11.1 Å². The van der Waals surface area contributed by atoms with Crippen LogP contribution < -0.4 is 24.8 Å². The van der Waals surface area contributed by atoms with Crippen LogP contribution >= 0.6 is 0 Å². The van der Waals surface area contributed by atoms with Crippen LogP contribution in [0.1, 0.15) is 25.0 Å². The molecule has 0 unspecified atom stereocenters. The molecule has 6 aromatic rings. The first-order valence-corrected chi connectivity index (χ1v) is 11.6. The summed E-state index contributed by atoms with van der Waals surface area (Å²) >= 11 is 0. The Bertz CT molecular complexity index is 1430. The average molecular weight is 575 g/mol. The molecule has 0 radical (unpaired) electrons. The van der Waals surface area contributed by atoms with Crippen molar-refractivity contribution < 1.29 is 51.0 Å². The van der Waals surface area contributed by atoms with Gasteiger partial charge in [0, 0.05) is 0 Å². The van der Waals surface area contributed by atoms with Gasteiger partial charge in [0.2, 0.25) is 0 Å². The van der Waals surface area contributed by atoms with Crippen LogP contribution in [-0.2, 0) is 39.0 Å². The van der Waals surface area contributed by atoms with Gasteiger partial charge in [-0.2, -0.15) is 12.1 Å². The standard InChI is InChI=1S/C17H17.C15H11.2ClH.Zr/c1-3-12-5-7-16-14(9-12)11-15-10-13(4-2)6-8-17(15)16;1-2-5-12(6-3-1)15-10-9-13-7-4-8-14(13)11-15;;;/h5-11H,3-4H2,1-2H3;1-11H;2*1H;/q2*-1;;;+4/p-2. The van der Waals surface area contributed by atoms with Gasteiger partial charge in [0.1, 0.15) is 0 Å². The van der Waals surface area contributed by atoms with E-state index in [1.165, 1.54) is 54.6 Å². The van der Waals surface area contributed by atoms with Crippen molar-refractivity contribution in [3.05, 3.63) is 120 Å². The molecule has 0 aliphatic rings. The first-order valence-electron chi connectivity index (χ1n) is 11.6. The molecule has 0 nitrogen and oxygen atoms in total. The summed E-state index contributed by atoms with van der Waals surface area (Å²) < 4.78 is 0. The minimum Gasteiger partial charge on any atom is -1.00 e. The van der Waals surface area contributed by atoms with E-state index in [2.05, 4.69) is 117 Å². The first kappa shape index (κ1) is 29.1. The van der Waals surface area contributed by atoms with Crippen molar-refractivity contribution in [3.63, 3.8) is 0 Å². The van der Waals surface area contributed by atoms with E-state index in [1.807, 2.05) is 6.07 Å². The van der Waals surface area contributed by atoms with E-state index >= 15 is 0 Å². The number of halogens is 2. The zero-order valence-electron chi connectivity index (χ0n) is 20.1. The summed E-state index contributed by atoms with van der Waals surface area (Å²) in [5.74, 6) is 0. The third-order valence-corrected chi connectivity index (χ3v) is 6.40. The van der Waals surface area contributed by atoms with E-state index in [0.717, 1.165) is 12.8 Å². The molecule has 6 rings (SSSR count). The predicted molar refractivity (Wildman–Crippen MR) is 141 cm³/mol. The van der Waals surface area contributed by atoms with Gasteiger partial charge in [0.15, 0.2) is 0 Å². The molecule has 0 N–H and O–H groups in total. The van der Waals surface area contributed by atoms with Crippen LogP contribution in [-0.4, -0.2) is 0 Å². The molecule has 0 aliphatic carbocycles. The Hall–Kier alpha value is -2.18. The Morgan fingerprint density at radius 2 is 1.17 bits per heavy atom. The fourth-order valence-corrected chi connectivity index (χ4v) is 4.50. The minimum absolute atomic E-state index is 0. The summed E-state index contributed by atoms with van der Waals surface area (Å²) in [6.45, 7) is 4.41. The van der Waals surface area contributed by atoms with Crippen LogP contribution in [0.4, 0.5) is 0 Å². The molecule has 174 valence electrons. The van der Waals surface area contributed by atoms with E-state index in [1.54, 1.807) is 0 Å². The molecular weight excluding hydrogens is 546 g/mol. The molecule has 0 saturated heterocycles. The molecule has 35 heavy (non-hydrogen) atoms. The first-order chi connectivity index (χ1) is 15.7. The van der Waals surface area contributed by atoms with Gasteiger partial charge in [-0.1, -0.05) is 91.2 Å². The number of hydrogen-bond donors (Lipinski definition) is 0. The van der Waals surface area contributed by atoms with Gasteiger partial charge < -0.3 is 24.8 Å². The van der Waals surface area contributed by atoms with Crippen LogP contribution in [0.2, 0.25) is 0 Å². The molecule has 0 saturated carbocycles. The largest absolute Gasteiger partial charge is 4.00 e. The smallest absolute Gasteiger partial charge is 1.00 e. The molecule has 0 heterocycles. The van der Waals surface area contributed by atoms with Crippen molar-refractivity contribution in [2.24, 2.45) is 0 Å². The van der Waals surface area contributed by atoms with E-state index in [-0.39, 0.29) is 51.0 Å². The Kier molecular flexibility index (Phi) is 11.0. The van der Waals surface area contributed by atoms with Gasteiger partial charge in [-0.15, -0.1) is 68.7 Å². The summed E-state index contributed by atoms with van der Waals surface area (Å²) in [6, 6.07) is 39.5. The summed E-state index contributed by atoms with van der Waals surface area (Å²) in [4.78, 5) is 0. The normalized spacial score (nSPS) is 10.1. The number of rotatable bonds is 3. The summed E-state index contributed by atoms with van der Waals surface area (Å²) in [7, 11) is 0. The third kappa shape index (κ3) is 6.34. The monoisotopic (exact) mass is 572 g/mol. The molecule has 0 bridgehead atoms. The van der Waals surface area contributed by atoms with Crippen LogP contribution in [0.25, 0.3) is 43.4 Å². The molecule has 0 atom stereocenters. The van der Waals surface area contributed by atoms with Gasteiger partial charge in [-0.3, -0.25) is 0 Å². The zero-order valence-corrected chi connectivity index (χ0v) is 24.0. The van der Waals surface area contributed by atoms with Crippen LogP contribution in [0.15, 0.2) is 109 Å². The Labute approximate surface area is 240 Å². The van der Waals surface area contributed by atoms with E-state index < -0.39 is 0 Å². The topological polar surface area (TPSA) is 0 Å². The van der Waals surface area contributed by atoms with E-state index in [9.17, 15) is 0 Å². The molecule has 0 aromatic heterocycles. The van der Waals surface area contributed by atoms with Gasteiger partial charge in [0.25, 0.3) is 0 Å². The van der Waals surface area contributed by atoms with Crippen molar-refractivity contribution in [2.45, 2.75) is 26.7 Å². The van der Waals surface area contributed by atoms with E-state index in [4.69, 9.17) is 0 Å². The van der Waals surface area contributed by atoms with Crippen LogP contribution in [0, 0.1) is 0 Å². The molecular formula is C32H28Cl2Zr. The maximum Gasteiger partial charge on any atom is 4.00 e. The van der Waals surface area contributed by atoms with Crippen molar-refractivity contribution in [2.75, 3.05) is 0 Å². The molecule has 0 spiro atoms. The average Bonchev–Trinajstić information content (AvgIpc) is 3.47. The molecule has 0 fully saturated rings. The van der Waals surface area contributed by atoms with Crippen molar-refractivity contribution >= 4 is 32.3 Å². The number of aryl methyl sites for hydroxylation is 2. The minimum atomic E-state index is 0. The third-order valence-electron chi connectivity index (χ3n) is 6.40. The Balaban J connectivity index is 0.000000229. The number of fused-ring (bicyclic) bond motifs is 4. The number of hydrogen-bond acceptors (Lipinski definition) is 0. The van der Waals surface area contributed by atoms with Gasteiger partial charge >= 0.3 is 26.2 Å². The quantitative estimate of drug-likeness (QED) is 0.285. The molecule has 6 aromatic carbocycles. The van der Waals surface area contributed by atoms with Gasteiger partial charge in [0.05, 0.1) is 0 Å². The van der Waals surface area contributed by atoms with Gasteiger partial charge in [-0.25, -0.2) is 0 Å². The second-order valence-electron chi connectivity index (χ2n) is 8.43. The fraction of sp³-hybridized carbons (Fsp3) is 0.125. The Morgan fingerprint density at radius 3 is 1.74 bits per heavy atom. The van der Waals surface area contributed by atoms with Gasteiger partial charge in [-0.05, 0) is 18.4 Å². The van der Waals surface area contributed by atoms with Crippen LogP contribution in [0.5, 0.6) is 0 Å². The second-order valence-corrected chi connectivity index (χ2v) is 8.43. The summed E-state index contributed by atoms with van der Waals surface area (Å²) in [5, 5.41) is 8.17. The molecule has 3 heteroatoms. The fourth-order valence-electron chi connectivity index (χ4n) is 4.50. The SMILES string of the molecule is CCc1ccc2c(c1)[cH-]c1cc(CC)ccc12.[Cl-].[Cl-].[Zr+4].c1ccc(-c2ccc3cc[cH-]c3c2)cc1. The molecule has 0 amide bonds. The maximum absolute atomic E-state index is 2.32. The number of benzene rings is 4.